The van der Waals surface area contributed by atoms with Crippen LogP contribution < -0.4 is 0 Å². The molecule has 21 heavy (non-hydrogen) atoms. The molecule has 0 saturated carbocycles. The van der Waals surface area contributed by atoms with Crippen molar-refractivity contribution in [3.8, 4) is 0 Å². The minimum Gasteiger partial charge on any atom is -0.467 e. The number of esters is 1. The van der Waals surface area contributed by atoms with Crippen LogP contribution in [0.1, 0.15) is 23.2 Å². The van der Waals surface area contributed by atoms with Gasteiger partial charge in [0.05, 0.1) is 7.11 Å². The number of ether oxygens (including phenoxy) is 2. The molecule has 2 aromatic rings. The SMILES string of the molecule is COC(=O)[C@H]1N=C(c2ccccc2)O[C@H]1c1ccc(C)o1. The highest BCUT2D eigenvalue weighted by atomic mass is 16.5. The Bertz CT molecular complexity index is 675. The summed E-state index contributed by atoms with van der Waals surface area (Å²) in [5.74, 6) is 1.30. The molecular formula is C16H15NO4. The quantitative estimate of drug-likeness (QED) is 0.813. The van der Waals surface area contributed by atoms with E-state index in [1.807, 2.05) is 43.3 Å². The van der Waals surface area contributed by atoms with Gasteiger partial charge in [0, 0.05) is 5.56 Å². The molecular weight excluding hydrogens is 270 g/mol. The average molecular weight is 285 g/mol. The number of hydrogen-bond donors (Lipinski definition) is 0. The summed E-state index contributed by atoms with van der Waals surface area (Å²) in [7, 11) is 1.34. The van der Waals surface area contributed by atoms with E-state index in [9.17, 15) is 4.79 Å². The Balaban J connectivity index is 1.94. The molecule has 0 amide bonds. The lowest BCUT2D eigenvalue weighted by molar-refractivity contribution is -0.144. The van der Waals surface area contributed by atoms with Crippen LogP contribution in [0.2, 0.25) is 0 Å². The van der Waals surface area contributed by atoms with Gasteiger partial charge in [0.2, 0.25) is 5.90 Å². The molecule has 5 heteroatoms. The zero-order chi connectivity index (χ0) is 14.8. The van der Waals surface area contributed by atoms with Gasteiger partial charge in [0.15, 0.2) is 12.1 Å². The zero-order valence-corrected chi connectivity index (χ0v) is 11.8. The van der Waals surface area contributed by atoms with E-state index in [2.05, 4.69) is 4.99 Å². The van der Waals surface area contributed by atoms with Gasteiger partial charge in [0.1, 0.15) is 11.5 Å². The van der Waals surface area contributed by atoms with Gasteiger partial charge in [-0.05, 0) is 31.2 Å². The zero-order valence-electron chi connectivity index (χ0n) is 11.8. The molecule has 1 aliphatic heterocycles. The number of benzene rings is 1. The van der Waals surface area contributed by atoms with Crippen molar-refractivity contribution >= 4 is 11.9 Å². The Morgan fingerprint density at radius 1 is 1.19 bits per heavy atom. The fraction of sp³-hybridized carbons (Fsp3) is 0.250. The molecule has 0 saturated heterocycles. The molecule has 2 atom stereocenters. The fourth-order valence-electron chi connectivity index (χ4n) is 2.25. The highest BCUT2D eigenvalue weighted by molar-refractivity contribution is 5.98. The summed E-state index contributed by atoms with van der Waals surface area (Å²) in [6.07, 6.45) is -0.596. The molecule has 0 unspecified atom stereocenters. The highest BCUT2D eigenvalue weighted by Gasteiger charge is 2.40. The Kier molecular flexibility index (Phi) is 3.48. The third kappa shape index (κ3) is 2.54. The molecule has 2 heterocycles. The number of nitrogens with zero attached hydrogens (tertiary/aromatic N) is 1. The molecule has 108 valence electrons. The van der Waals surface area contributed by atoms with E-state index in [0.29, 0.717) is 11.7 Å². The van der Waals surface area contributed by atoms with Crippen LogP contribution in [0.25, 0.3) is 0 Å². The van der Waals surface area contributed by atoms with Crippen LogP contribution in [-0.2, 0) is 14.3 Å². The van der Waals surface area contributed by atoms with Crippen LogP contribution in [0.3, 0.4) is 0 Å². The van der Waals surface area contributed by atoms with Gasteiger partial charge in [-0.25, -0.2) is 9.79 Å². The number of rotatable bonds is 3. The summed E-state index contributed by atoms with van der Waals surface area (Å²) in [5.41, 5.74) is 0.817. The van der Waals surface area contributed by atoms with Crippen LogP contribution in [-0.4, -0.2) is 25.0 Å². The van der Waals surface area contributed by atoms with E-state index >= 15 is 0 Å². The Morgan fingerprint density at radius 3 is 2.57 bits per heavy atom. The molecule has 3 rings (SSSR count). The smallest absolute Gasteiger partial charge is 0.335 e. The molecule has 1 aromatic carbocycles. The standard InChI is InChI=1S/C16H15NO4/c1-10-8-9-12(20-10)14-13(16(18)19-2)17-15(21-14)11-6-4-3-5-7-11/h3-9,13-14H,1-2H3/t13-,14-/m0/s1. The molecule has 0 aliphatic carbocycles. The number of aliphatic imine (C=N–C) groups is 1. The van der Waals surface area contributed by atoms with Crippen molar-refractivity contribution in [2.75, 3.05) is 7.11 Å². The first kappa shape index (κ1) is 13.4. The van der Waals surface area contributed by atoms with E-state index < -0.39 is 18.1 Å². The van der Waals surface area contributed by atoms with Gasteiger partial charge in [0.25, 0.3) is 0 Å². The largest absolute Gasteiger partial charge is 0.467 e. The molecule has 0 spiro atoms. The summed E-state index contributed by atoms with van der Waals surface area (Å²) in [4.78, 5) is 16.3. The third-order valence-electron chi connectivity index (χ3n) is 3.29. The molecule has 1 aromatic heterocycles. The van der Waals surface area contributed by atoms with Crippen LogP contribution in [0.15, 0.2) is 51.9 Å². The Morgan fingerprint density at radius 2 is 1.95 bits per heavy atom. The first-order valence-corrected chi connectivity index (χ1v) is 6.63. The van der Waals surface area contributed by atoms with Crippen molar-refractivity contribution in [2.24, 2.45) is 4.99 Å². The topological polar surface area (TPSA) is 61.0 Å². The van der Waals surface area contributed by atoms with Crippen LogP contribution in [0.5, 0.6) is 0 Å². The lowest BCUT2D eigenvalue weighted by atomic mass is 10.1. The van der Waals surface area contributed by atoms with Gasteiger partial charge in [-0.2, -0.15) is 0 Å². The predicted molar refractivity (Wildman–Crippen MR) is 76.1 cm³/mol. The van der Waals surface area contributed by atoms with E-state index in [1.54, 1.807) is 6.07 Å². The molecule has 0 N–H and O–H groups in total. The van der Waals surface area contributed by atoms with E-state index in [-0.39, 0.29) is 0 Å². The second kappa shape index (κ2) is 5.44. The van der Waals surface area contributed by atoms with Crippen LogP contribution in [0, 0.1) is 6.92 Å². The van der Waals surface area contributed by atoms with Crippen molar-refractivity contribution in [1.29, 1.82) is 0 Å². The maximum absolute atomic E-state index is 11.9. The normalized spacial score (nSPS) is 20.8. The molecule has 0 radical (unpaired) electrons. The summed E-state index contributed by atoms with van der Waals surface area (Å²) < 4.78 is 16.2. The number of furan rings is 1. The van der Waals surface area contributed by atoms with Gasteiger partial charge in [-0.1, -0.05) is 18.2 Å². The van der Waals surface area contributed by atoms with Crippen molar-refractivity contribution in [1.82, 2.24) is 0 Å². The van der Waals surface area contributed by atoms with Crippen molar-refractivity contribution in [3.05, 3.63) is 59.5 Å². The summed E-state index contributed by atoms with van der Waals surface area (Å²) in [6, 6.07) is 12.3. The van der Waals surface area contributed by atoms with Crippen molar-refractivity contribution < 1.29 is 18.7 Å². The molecule has 5 nitrogen and oxygen atoms in total. The minimum absolute atomic E-state index is 0.421. The van der Waals surface area contributed by atoms with E-state index in [1.165, 1.54) is 7.11 Å². The van der Waals surface area contributed by atoms with Gasteiger partial charge >= 0.3 is 5.97 Å². The van der Waals surface area contributed by atoms with Gasteiger partial charge in [-0.15, -0.1) is 0 Å². The molecule has 0 fully saturated rings. The third-order valence-corrected chi connectivity index (χ3v) is 3.29. The number of aryl methyl sites for hydroxylation is 1. The molecule has 1 aliphatic rings. The Hall–Kier alpha value is -2.56. The first-order chi connectivity index (χ1) is 10.2. The Labute approximate surface area is 122 Å². The maximum atomic E-state index is 11.9. The highest BCUT2D eigenvalue weighted by Crippen LogP contribution is 2.32. The monoisotopic (exact) mass is 285 g/mol. The predicted octanol–water partition coefficient (Wildman–Crippen LogP) is 2.65. The number of carbonyl (C=O) groups is 1. The lowest BCUT2D eigenvalue weighted by Gasteiger charge is -2.13. The maximum Gasteiger partial charge on any atom is 0.335 e. The number of hydrogen-bond acceptors (Lipinski definition) is 5. The first-order valence-electron chi connectivity index (χ1n) is 6.63. The van der Waals surface area contributed by atoms with Gasteiger partial charge in [-0.3, -0.25) is 0 Å². The second-order valence-corrected chi connectivity index (χ2v) is 4.76. The average Bonchev–Trinajstić information content (AvgIpc) is 3.13. The number of carbonyl (C=O) groups excluding carboxylic acids is 1. The summed E-state index contributed by atoms with van der Waals surface area (Å²) in [5, 5.41) is 0. The summed E-state index contributed by atoms with van der Waals surface area (Å²) >= 11 is 0. The fourth-order valence-corrected chi connectivity index (χ4v) is 2.25. The van der Waals surface area contributed by atoms with Crippen LogP contribution in [0.4, 0.5) is 0 Å². The van der Waals surface area contributed by atoms with E-state index in [4.69, 9.17) is 13.9 Å². The van der Waals surface area contributed by atoms with Crippen molar-refractivity contribution in [3.63, 3.8) is 0 Å². The summed E-state index contributed by atoms with van der Waals surface area (Å²) in [6.45, 7) is 1.84. The van der Waals surface area contributed by atoms with Crippen LogP contribution >= 0.6 is 0 Å². The van der Waals surface area contributed by atoms with Gasteiger partial charge < -0.3 is 13.9 Å². The minimum atomic E-state index is -0.754. The van der Waals surface area contributed by atoms with Crippen molar-refractivity contribution in [2.45, 2.75) is 19.1 Å². The van der Waals surface area contributed by atoms with E-state index in [0.717, 1.165) is 11.3 Å². The number of methoxy groups -OCH3 is 1. The molecule has 0 bridgehead atoms. The second-order valence-electron chi connectivity index (χ2n) is 4.76. The lowest BCUT2D eigenvalue weighted by Crippen LogP contribution is -2.25.